The van der Waals surface area contributed by atoms with Crippen LogP contribution in [0.2, 0.25) is 0 Å². The van der Waals surface area contributed by atoms with Gasteiger partial charge in [-0.1, -0.05) is 49.0 Å². The van der Waals surface area contributed by atoms with Crippen molar-refractivity contribution in [2.24, 2.45) is 0 Å². The monoisotopic (exact) mass is 228 g/mol. The molecule has 2 rings (SSSR count). The molecule has 2 aromatic rings. The average Bonchev–Trinajstić information content (AvgIpc) is 2.35. The van der Waals surface area contributed by atoms with E-state index in [1.807, 2.05) is 24.3 Å². The Morgan fingerprint density at radius 2 is 1.94 bits per heavy atom. The van der Waals surface area contributed by atoms with Gasteiger partial charge in [0.05, 0.1) is 0 Å². The largest absolute Gasteiger partial charge is 0.479 e. The highest BCUT2D eigenvalue weighted by Crippen LogP contribution is 2.19. The molecule has 2 heteroatoms. The lowest BCUT2D eigenvalue weighted by molar-refractivity contribution is 0.305. The van der Waals surface area contributed by atoms with Crippen LogP contribution >= 0.6 is 12.2 Å². The molecule has 0 N–H and O–H groups in total. The fourth-order valence-electron chi connectivity index (χ4n) is 1.63. The maximum Gasteiger partial charge on any atom is 0.183 e. The molecule has 0 unspecified atom stereocenters. The number of benzene rings is 2. The topological polar surface area (TPSA) is 9.23 Å². The summed E-state index contributed by atoms with van der Waals surface area (Å²) in [7, 11) is 0. The molecule has 0 aliphatic heterocycles. The lowest BCUT2D eigenvalue weighted by Gasteiger charge is -2.07. The van der Waals surface area contributed by atoms with Crippen LogP contribution in [0.1, 0.15) is 5.56 Å². The number of ether oxygens (including phenoxy) is 1. The Bertz CT molecular complexity index is 526. The molecule has 0 spiro atoms. The average molecular weight is 228 g/mol. The molecule has 0 aromatic heterocycles. The maximum atomic E-state index is 5.40. The second-order valence-corrected chi connectivity index (χ2v) is 3.85. The summed E-state index contributed by atoms with van der Waals surface area (Å²) in [6.45, 7) is 4.06. The summed E-state index contributed by atoms with van der Waals surface area (Å²) in [5.41, 5.74) is 1.14. The van der Waals surface area contributed by atoms with Gasteiger partial charge in [-0.15, -0.1) is 0 Å². The molecular formula is C14H12OS. The maximum absolute atomic E-state index is 5.40. The van der Waals surface area contributed by atoms with E-state index in [9.17, 15) is 0 Å². The highest BCUT2D eigenvalue weighted by molar-refractivity contribution is 7.80. The Morgan fingerprint density at radius 1 is 1.19 bits per heavy atom. The molecule has 0 saturated carbocycles. The zero-order valence-electron chi connectivity index (χ0n) is 8.85. The van der Waals surface area contributed by atoms with E-state index < -0.39 is 0 Å². The molecule has 16 heavy (non-hydrogen) atoms. The van der Waals surface area contributed by atoms with Gasteiger partial charge < -0.3 is 4.74 Å². The van der Waals surface area contributed by atoms with Gasteiger partial charge in [-0.25, -0.2) is 0 Å². The summed E-state index contributed by atoms with van der Waals surface area (Å²) in [6.07, 6.45) is 1.54. The van der Waals surface area contributed by atoms with Crippen LogP contribution < -0.4 is 0 Å². The molecule has 0 fully saturated rings. The molecular weight excluding hydrogens is 216 g/mol. The fourth-order valence-corrected chi connectivity index (χ4v) is 1.69. The lowest BCUT2D eigenvalue weighted by Crippen LogP contribution is -1.98. The van der Waals surface area contributed by atoms with Crippen LogP contribution in [0.15, 0.2) is 55.1 Å². The standard InChI is InChI=1S/C14H12OS/c1-2-14(16)15-10-12-8-5-7-11-6-3-4-9-13(11)12/h2-9H,1,10H2. The molecule has 1 nitrogen and oxygen atoms in total. The first-order chi connectivity index (χ1) is 7.81. The SMILES string of the molecule is C=CC(=S)OCc1cccc2ccccc12. The number of fused-ring (bicyclic) bond motifs is 1. The molecule has 0 aliphatic rings. The van der Waals surface area contributed by atoms with Crippen molar-refractivity contribution < 1.29 is 4.74 Å². The van der Waals surface area contributed by atoms with Crippen LogP contribution in [-0.2, 0) is 11.3 Å². The third-order valence-corrected chi connectivity index (χ3v) is 2.70. The van der Waals surface area contributed by atoms with Crippen LogP contribution in [0.5, 0.6) is 0 Å². The molecule has 2 aromatic carbocycles. The first kappa shape index (κ1) is 10.8. The van der Waals surface area contributed by atoms with E-state index >= 15 is 0 Å². The van der Waals surface area contributed by atoms with Gasteiger partial charge in [0.25, 0.3) is 0 Å². The third kappa shape index (κ3) is 2.28. The Balaban J connectivity index is 2.30. The smallest absolute Gasteiger partial charge is 0.183 e. The van der Waals surface area contributed by atoms with E-state index in [-0.39, 0.29) is 0 Å². The summed E-state index contributed by atoms with van der Waals surface area (Å²) < 4.78 is 5.40. The van der Waals surface area contributed by atoms with Gasteiger partial charge in [-0.3, -0.25) is 0 Å². The van der Waals surface area contributed by atoms with Crippen LogP contribution in [-0.4, -0.2) is 5.05 Å². The van der Waals surface area contributed by atoms with Crippen molar-refractivity contribution in [3.63, 3.8) is 0 Å². The molecule has 0 aliphatic carbocycles. The number of rotatable bonds is 3. The third-order valence-electron chi connectivity index (χ3n) is 2.42. The summed E-state index contributed by atoms with van der Waals surface area (Å²) in [5, 5.41) is 2.86. The van der Waals surface area contributed by atoms with Gasteiger partial charge in [0.1, 0.15) is 6.61 Å². The lowest BCUT2D eigenvalue weighted by atomic mass is 10.1. The molecule has 0 amide bonds. The van der Waals surface area contributed by atoms with Crippen molar-refractivity contribution >= 4 is 28.0 Å². The number of thiocarbonyl (C=S) groups is 1. The minimum Gasteiger partial charge on any atom is -0.479 e. The van der Waals surface area contributed by atoms with E-state index in [1.54, 1.807) is 6.08 Å². The molecule has 0 atom stereocenters. The van der Waals surface area contributed by atoms with Crippen molar-refractivity contribution in [1.82, 2.24) is 0 Å². The Kier molecular flexibility index (Phi) is 3.32. The van der Waals surface area contributed by atoms with Gasteiger partial charge in [0.2, 0.25) is 0 Å². The second-order valence-electron chi connectivity index (χ2n) is 3.45. The van der Waals surface area contributed by atoms with Crippen LogP contribution in [0, 0.1) is 0 Å². The van der Waals surface area contributed by atoms with E-state index in [0.717, 1.165) is 5.56 Å². The van der Waals surface area contributed by atoms with E-state index in [4.69, 9.17) is 17.0 Å². The normalized spacial score (nSPS) is 10.0. The predicted octanol–water partition coefficient (Wildman–Crippen LogP) is 3.87. The van der Waals surface area contributed by atoms with Crippen LogP contribution in [0.3, 0.4) is 0 Å². The van der Waals surface area contributed by atoms with Crippen molar-refractivity contribution in [2.45, 2.75) is 6.61 Å². The van der Waals surface area contributed by atoms with E-state index in [2.05, 4.69) is 24.8 Å². The van der Waals surface area contributed by atoms with Crippen LogP contribution in [0.4, 0.5) is 0 Å². The van der Waals surface area contributed by atoms with Crippen molar-refractivity contribution in [2.75, 3.05) is 0 Å². The highest BCUT2D eigenvalue weighted by Gasteiger charge is 2.00. The number of hydrogen-bond acceptors (Lipinski definition) is 2. The molecule has 0 radical (unpaired) electrons. The molecule has 0 bridgehead atoms. The molecule has 80 valence electrons. The minimum atomic E-state index is 0.438. The van der Waals surface area contributed by atoms with Gasteiger partial charge >= 0.3 is 0 Å². The van der Waals surface area contributed by atoms with Gasteiger partial charge in [0, 0.05) is 0 Å². The van der Waals surface area contributed by atoms with Crippen molar-refractivity contribution in [1.29, 1.82) is 0 Å². The summed E-state index contributed by atoms with van der Waals surface area (Å²) >= 11 is 4.94. The summed E-state index contributed by atoms with van der Waals surface area (Å²) in [4.78, 5) is 0. The van der Waals surface area contributed by atoms with E-state index in [1.165, 1.54) is 10.8 Å². The zero-order chi connectivity index (χ0) is 11.4. The number of hydrogen-bond donors (Lipinski definition) is 0. The Labute approximate surface area is 100 Å². The van der Waals surface area contributed by atoms with Crippen molar-refractivity contribution in [3.8, 4) is 0 Å². The Morgan fingerprint density at radius 3 is 2.75 bits per heavy atom. The van der Waals surface area contributed by atoms with E-state index in [0.29, 0.717) is 11.7 Å². The van der Waals surface area contributed by atoms with Gasteiger partial charge in [-0.2, -0.15) is 0 Å². The van der Waals surface area contributed by atoms with Gasteiger partial charge in [0.15, 0.2) is 5.05 Å². The van der Waals surface area contributed by atoms with Crippen LogP contribution in [0.25, 0.3) is 10.8 Å². The summed E-state index contributed by atoms with van der Waals surface area (Å²) in [6, 6.07) is 14.4. The fraction of sp³-hybridized carbons (Fsp3) is 0.0714. The zero-order valence-corrected chi connectivity index (χ0v) is 9.67. The predicted molar refractivity (Wildman–Crippen MR) is 71.5 cm³/mol. The first-order valence-corrected chi connectivity index (χ1v) is 5.48. The summed E-state index contributed by atoms with van der Waals surface area (Å²) in [5.74, 6) is 0. The Hall–Kier alpha value is -1.67. The second kappa shape index (κ2) is 4.90. The highest BCUT2D eigenvalue weighted by atomic mass is 32.1. The quantitative estimate of drug-likeness (QED) is 0.582. The van der Waals surface area contributed by atoms with Crippen molar-refractivity contribution in [3.05, 3.63) is 60.7 Å². The minimum absolute atomic E-state index is 0.438. The van der Waals surface area contributed by atoms with Gasteiger partial charge in [-0.05, 0) is 34.6 Å². The molecule has 0 heterocycles. The first-order valence-electron chi connectivity index (χ1n) is 5.07. The molecule has 0 saturated heterocycles.